The van der Waals surface area contributed by atoms with Gasteiger partial charge in [0.05, 0.1) is 0 Å². The summed E-state index contributed by atoms with van der Waals surface area (Å²) in [5.41, 5.74) is 2.02. The first-order chi connectivity index (χ1) is 11.2. The van der Waals surface area contributed by atoms with Crippen LogP contribution in [0.15, 0.2) is 93.5 Å². The van der Waals surface area contributed by atoms with Gasteiger partial charge in [-0.2, -0.15) is 0 Å². The SMILES string of the molecule is CS(=O)c1ccc(Nc2ccc(Sc3ccccc3)cc2)cc1. The molecule has 2 nitrogen and oxygen atoms in total. The van der Waals surface area contributed by atoms with Gasteiger partial charge in [0.1, 0.15) is 0 Å². The van der Waals surface area contributed by atoms with E-state index in [9.17, 15) is 4.21 Å². The number of anilines is 2. The Morgan fingerprint density at radius 1 is 0.739 bits per heavy atom. The highest BCUT2D eigenvalue weighted by Gasteiger charge is 2.00. The molecule has 0 radical (unpaired) electrons. The van der Waals surface area contributed by atoms with Gasteiger partial charge in [-0.05, 0) is 60.7 Å². The second-order valence-corrected chi connectivity index (χ2v) is 7.57. The number of hydrogen-bond acceptors (Lipinski definition) is 3. The minimum absolute atomic E-state index is 0.838. The van der Waals surface area contributed by atoms with Gasteiger partial charge in [-0.3, -0.25) is 4.21 Å². The molecular formula is C19H17NOS2. The molecule has 1 unspecified atom stereocenters. The lowest BCUT2D eigenvalue weighted by Crippen LogP contribution is -1.91. The fourth-order valence-electron chi connectivity index (χ4n) is 2.13. The molecule has 3 aromatic rings. The molecule has 23 heavy (non-hydrogen) atoms. The average molecular weight is 339 g/mol. The second kappa shape index (κ2) is 7.49. The first-order valence-corrected chi connectivity index (χ1v) is 9.62. The zero-order valence-corrected chi connectivity index (χ0v) is 14.4. The van der Waals surface area contributed by atoms with Gasteiger partial charge in [-0.15, -0.1) is 0 Å². The van der Waals surface area contributed by atoms with E-state index in [1.165, 1.54) is 9.79 Å². The maximum atomic E-state index is 11.4. The van der Waals surface area contributed by atoms with Crippen LogP contribution in [0.2, 0.25) is 0 Å². The molecule has 0 fully saturated rings. The molecule has 3 rings (SSSR count). The van der Waals surface area contributed by atoms with Gasteiger partial charge in [0.15, 0.2) is 0 Å². The number of benzene rings is 3. The van der Waals surface area contributed by atoms with Crippen molar-refractivity contribution in [3.63, 3.8) is 0 Å². The molecule has 0 aliphatic rings. The minimum Gasteiger partial charge on any atom is -0.356 e. The van der Waals surface area contributed by atoms with Crippen LogP contribution in [0.5, 0.6) is 0 Å². The van der Waals surface area contributed by atoms with Crippen LogP contribution in [0.4, 0.5) is 11.4 Å². The van der Waals surface area contributed by atoms with E-state index in [1.54, 1.807) is 18.0 Å². The van der Waals surface area contributed by atoms with Crippen LogP contribution >= 0.6 is 11.8 Å². The third-order valence-corrected chi connectivity index (χ3v) is 5.26. The molecule has 3 aromatic carbocycles. The lowest BCUT2D eigenvalue weighted by atomic mass is 10.3. The Bertz CT molecular complexity index is 784. The molecular weight excluding hydrogens is 322 g/mol. The number of nitrogens with one attached hydrogen (secondary N) is 1. The highest BCUT2D eigenvalue weighted by Crippen LogP contribution is 2.28. The quantitative estimate of drug-likeness (QED) is 0.682. The van der Waals surface area contributed by atoms with Gasteiger partial charge in [0.2, 0.25) is 0 Å². The highest BCUT2D eigenvalue weighted by atomic mass is 32.2. The molecule has 0 aliphatic carbocycles. The van der Waals surface area contributed by atoms with Crippen molar-refractivity contribution >= 4 is 33.9 Å². The largest absolute Gasteiger partial charge is 0.356 e. The molecule has 4 heteroatoms. The van der Waals surface area contributed by atoms with Crippen molar-refractivity contribution in [2.45, 2.75) is 14.7 Å². The zero-order valence-electron chi connectivity index (χ0n) is 12.7. The Hall–Kier alpha value is -2.04. The Morgan fingerprint density at radius 2 is 1.26 bits per heavy atom. The molecule has 116 valence electrons. The molecule has 0 bridgehead atoms. The van der Waals surface area contributed by atoms with Crippen LogP contribution in [0, 0.1) is 0 Å². The summed E-state index contributed by atoms with van der Waals surface area (Å²) in [6, 6.07) is 26.3. The Morgan fingerprint density at radius 3 is 1.83 bits per heavy atom. The average Bonchev–Trinajstić information content (AvgIpc) is 2.58. The first kappa shape index (κ1) is 15.8. The second-order valence-electron chi connectivity index (χ2n) is 5.04. The third-order valence-electron chi connectivity index (χ3n) is 3.31. The summed E-state index contributed by atoms with van der Waals surface area (Å²) in [5.74, 6) is 0. The maximum Gasteiger partial charge on any atom is 0.0498 e. The molecule has 0 spiro atoms. The van der Waals surface area contributed by atoms with Gasteiger partial charge in [0.25, 0.3) is 0 Å². The predicted octanol–water partition coefficient (Wildman–Crippen LogP) is 5.32. The smallest absolute Gasteiger partial charge is 0.0498 e. The normalized spacial score (nSPS) is 11.9. The van der Waals surface area contributed by atoms with Crippen LogP contribution in [-0.4, -0.2) is 10.5 Å². The molecule has 0 aromatic heterocycles. The number of rotatable bonds is 5. The van der Waals surface area contributed by atoms with E-state index in [4.69, 9.17) is 0 Å². The maximum absolute atomic E-state index is 11.4. The summed E-state index contributed by atoms with van der Waals surface area (Å²) in [4.78, 5) is 3.28. The van der Waals surface area contributed by atoms with Crippen molar-refractivity contribution in [2.75, 3.05) is 11.6 Å². The van der Waals surface area contributed by atoms with Gasteiger partial charge in [-0.25, -0.2) is 0 Å². The number of hydrogen-bond donors (Lipinski definition) is 1. The molecule has 0 saturated heterocycles. The van der Waals surface area contributed by atoms with Crippen molar-refractivity contribution in [2.24, 2.45) is 0 Å². The van der Waals surface area contributed by atoms with Crippen LogP contribution in [-0.2, 0) is 10.8 Å². The Balaban J connectivity index is 1.66. The molecule has 1 atom stereocenters. The molecule has 1 N–H and O–H groups in total. The zero-order chi connectivity index (χ0) is 16.1. The minimum atomic E-state index is -0.937. The lowest BCUT2D eigenvalue weighted by Gasteiger charge is -2.08. The monoisotopic (exact) mass is 339 g/mol. The fraction of sp³-hybridized carbons (Fsp3) is 0.0526. The van der Waals surface area contributed by atoms with Crippen molar-refractivity contribution in [1.82, 2.24) is 0 Å². The Labute approximate surface area is 143 Å². The van der Waals surface area contributed by atoms with Crippen LogP contribution in [0.1, 0.15) is 0 Å². The van der Waals surface area contributed by atoms with Crippen LogP contribution in [0.25, 0.3) is 0 Å². The first-order valence-electron chi connectivity index (χ1n) is 7.24. The van der Waals surface area contributed by atoms with E-state index in [-0.39, 0.29) is 0 Å². The molecule has 0 heterocycles. The fourth-order valence-corrected chi connectivity index (χ4v) is 3.48. The summed E-state index contributed by atoms with van der Waals surface area (Å²) >= 11 is 1.75. The standard InChI is InChI=1S/C19H17NOS2/c1-23(21)19-13-9-16(10-14-19)20-15-7-11-18(12-8-15)22-17-5-3-2-4-6-17/h2-14,20H,1H3. The van der Waals surface area contributed by atoms with Crippen molar-refractivity contribution in [1.29, 1.82) is 0 Å². The van der Waals surface area contributed by atoms with Gasteiger partial charge in [0, 0.05) is 43.1 Å². The van der Waals surface area contributed by atoms with E-state index in [0.29, 0.717) is 0 Å². The van der Waals surface area contributed by atoms with E-state index >= 15 is 0 Å². The molecule has 0 saturated carbocycles. The predicted molar refractivity (Wildman–Crippen MR) is 99.1 cm³/mol. The van der Waals surface area contributed by atoms with Gasteiger partial charge >= 0.3 is 0 Å². The van der Waals surface area contributed by atoms with Crippen LogP contribution < -0.4 is 5.32 Å². The van der Waals surface area contributed by atoms with Crippen molar-refractivity contribution in [3.8, 4) is 0 Å². The Kier molecular flexibility index (Phi) is 5.16. The summed E-state index contributed by atoms with van der Waals surface area (Å²) in [5, 5.41) is 3.35. The van der Waals surface area contributed by atoms with Crippen molar-refractivity contribution < 1.29 is 4.21 Å². The summed E-state index contributed by atoms with van der Waals surface area (Å²) in [7, 11) is -0.937. The topological polar surface area (TPSA) is 29.1 Å². The van der Waals surface area contributed by atoms with Gasteiger partial charge in [-0.1, -0.05) is 30.0 Å². The summed E-state index contributed by atoms with van der Waals surface area (Å²) < 4.78 is 11.4. The van der Waals surface area contributed by atoms with E-state index in [0.717, 1.165) is 16.3 Å². The van der Waals surface area contributed by atoms with Crippen LogP contribution in [0.3, 0.4) is 0 Å². The van der Waals surface area contributed by atoms with Gasteiger partial charge < -0.3 is 5.32 Å². The molecule has 0 amide bonds. The molecule has 0 aliphatic heterocycles. The van der Waals surface area contributed by atoms with E-state index in [1.807, 2.05) is 42.5 Å². The summed E-state index contributed by atoms with van der Waals surface area (Å²) in [6.07, 6.45) is 1.69. The summed E-state index contributed by atoms with van der Waals surface area (Å²) in [6.45, 7) is 0. The highest BCUT2D eigenvalue weighted by molar-refractivity contribution is 7.99. The third kappa shape index (κ3) is 4.47. The lowest BCUT2D eigenvalue weighted by molar-refractivity contribution is 0.687. The van der Waals surface area contributed by atoms with E-state index < -0.39 is 10.8 Å². The van der Waals surface area contributed by atoms with E-state index in [2.05, 4.69) is 41.7 Å². The van der Waals surface area contributed by atoms with Crippen molar-refractivity contribution in [3.05, 3.63) is 78.9 Å².